The van der Waals surface area contributed by atoms with Crippen LogP contribution >= 0.6 is 0 Å². The Morgan fingerprint density at radius 3 is 2.21 bits per heavy atom. The molecule has 194 valence electrons. The molecular weight excluding hydrogens is 448 g/mol. The minimum atomic E-state index is -1.78. The number of benzene rings is 1. The molecule has 0 aliphatic heterocycles. The second-order valence-electron chi connectivity index (χ2n) is 11.3. The first kappa shape index (κ1) is 30.0. The SMILES string of the molecule is C[C@@H](CN(CCCCO[Si](C)(C)C(C)(C)C)C(=O)OC(C)(C)C)NC(=O)OCc1ccccc1. The van der Waals surface area contributed by atoms with Crippen LogP contribution in [0.4, 0.5) is 9.59 Å². The molecule has 34 heavy (non-hydrogen) atoms. The quantitative estimate of drug-likeness (QED) is 0.287. The number of ether oxygens (including phenoxy) is 2. The molecule has 0 spiro atoms. The number of unbranched alkanes of at least 4 members (excludes halogenated alkanes) is 1. The van der Waals surface area contributed by atoms with Crippen molar-refractivity contribution in [3.05, 3.63) is 35.9 Å². The largest absolute Gasteiger partial charge is 0.445 e. The van der Waals surface area contributed by atoms with E-state index in [1.807, 2.05) is 58.0 Å². The fraction of sp³-hybridized carbons (Fsp3) is 0.692. The van der Waals surface area contributed by atoms with Crippen molar-refractivity contribution >= 4 is 20.5 Å². The number of carbonyl (C=O) groups is 2. The second kappa shape index (κ2) is 13.1. The number of carbonyl (C=O) groups excluding carboxylic acids is 2. The van der Waals surface area contributed by atoms with E-state index < -0.39 is 20.0 Å². The Bertz CT molecular complexity index is 757. The average molecular weight is 495 g/mol. The van der Waals surface area contributed by atoms with Gasteiger partial charge in [-0.3, -0.25) is 0 Å². The van der Waals surface area contributed by atoms with E-state index in [9.17, 15) is 9.59 Å². The van der Waals surface area contributed by atoms with Crippen molar-refractivity contribution in [1.29, 1.82) is 0 Å². The summed E-state index contributed by atoms with van der Waals surface area (Å²) in [6.07, 6.45) is 0.749. The number of alkyl carbamates (subject to hydrolysis) is 1. The summed E-state index contributed by atoms with van der Waals surface area (Å²) >= 11 is 0. The third-order valence-corrected chi connectivity index (χ3v) is 10.4. The van der Waals surface area contributed by atoms with Gasteiger partial charge in [-0.15, -0.1) is 0 Å². The Hall–Kier alpha value is -2.06. The van der Waals surface area contributed by atoms with Gasteiger partial charge in [0, 0.05) is 25.7 Å². The van der Waals surface area contributed by atoms with Crippen LogP contribution in [-0.2, 0) is 20.5 Å². The fourth-order valence-electron chi connectivity index (χ4n) is 2.87. The van der Waals surface area contributed by atoms with Crippen molar-refractivity contribution in [3.63, 3.8) is 0 Å². The Balaban J connectivity index is 2.57. The normalized spacial score (nSPS) is 13.2. The molecule has 0 saturated carbocycles. The maximum Gasteiger partial charge on any atom is 0.410 e. The van der Waals surface area contributed by atoms with Crippen LogP contribution in [0.1, 0.15) is 66.9 Å². The molecule has 8 heteroatoms. The monoisotopic (exact) mass is 494 g/mol. The predicted molar refractivity (Wildman–Crippen MR) is 139 cm³/mol. The number of nitrogens with one attached hydrogen (secondary N) is 1. The Morgan fingerprint density at radius 1 is 1.03 bits per heavy atom. The van der Waals surface area contributed by atoms with Crippen LogP contribution in [0.15, 0.2) is 30.3 Å². The summed E-state index contributed by atoms with van der Waals surface area (Å²) in [7, 11) is -1.78. The highest BCUT2D eigenvalue weighted by Crippen LogP contribution is 2.36. The highest BCUT2D eigenvalue weighted by molar-refractivity contribution is 6.74. The molecule has 0 aromatic heterocycles. The number of amides is 2. The zero-order valence-electron chi connectivity index (χ0n) is 22.7. The van der Waals surface area contributed by atoms with Gasteiger partial charge in [-0.1, -0.05) is 51.1 Å². The summed E-state index contributed by atoms with van der Waals surface area (Å²) in [5.74, 6) is 0. The lowest BCUT2D eigenvalue weighted by atomic mass is 10.2. The van der Waals surface area contributed by atoms with E-state index in [0.717, 1.165) is 18.4 Å². The van der Waals surface area contributed by atoms with Crippen molar-refractivity contribution < 1.29 is 23.5 Å². The smallest absolute Gasteiger partial charge is 0.410 e. The van der Waals surface area contributed by atoms with Gasteiger partial charge >= 0.3 is 12.2 Å². The van der Waals surface area contributed by atoms with E-state index in [-0.39, 0.29) is 23.8 Å². The maximum atomic E-state index is 12.8. The van der Waals surface area contributed by atoms with Gasteiger partial charge in [-0.05, 0) is 64.2 Å². The van der Waals surface area contributed by atoms with E-state index in [1.54, 1.807) is 4.90 Å². The van der Waals surface area contributed by atoms with Crippen LogP contribution in [0.25, 0.3) is 0 Å². The highest BCUT2D eigenvalue weighted by atomic mass is 28.4. The molecule has 0 fully saturated rings. The van der Waals surface area contributed by atoms with Gasteiger partial charge in [0.1, 0.15) is 12.2 Å². The van der Waals surface area contributed by atoms with Gasteiger partial charge in [-0.2, -0.15) is 0 Å². The number of nitrogens with zero attached hydrogens (tertiary/aromatic N) is 1. The van der Waals surface area contributed by atoms with E-state index in [1.165, 1.54) is 0 Å². The summed E-state index contributed by atoms with van der Waals surface area (Å²) in [5, 5.41) is 2.98. The molecule has 0 heterocycles. The van der Waals surface area contributed by atoms with Crippen molar-refractivity contribution in [1.82, 2.24) is 10.2 Å². The van der Waals surface area contributed by atoms with Crippen molar-refractivity contribution in [2.24, 2.45) is 0 Å². The van der Waals surface area contributed by atoms with Crippen LogP contribution in [0.5, 0.6) is 0 Å². The molecule has 0 unspecified atom stereocenters. The van der Waals surface area contributed by atoms with Crippen molar-refractivity contribution in [3.8, 4) is 0 Å². The van der Waals surface area contributed by atoms with E-state index in [2.05, 4.69) is 39.2 Å². The number of hydrogen-bond acceptors (Lipinski definition) is 5. The van der Waals surface area contributed by atoms with Crippen molar-refractivity contribution in [2.45, 2.75) is 97.7 Å². The first-order chi connectivity index (χ1) is 15.6. The molecule has 2 amide bonds. The summed E-state index contributed by atoms with van der Waals surface area (Å²) in [5.41, 5.74) is 0.326. The van der Waals surface area contributed by atoms with Crippen LogP contribution in [0.2, 0.25) is 18.1 Å². The standard InChI is InChI=1S/C26H46N2O5Si/c1-21(27-23(29)31-20-22-15-11-10-12-16-22)19-28(24(30)33-25(2,3)4)17-13-14-18-32-34(8,9)26(5,6)7/h10-12,15-16,21H,13-14,17-20H2,1-9H3,(H,27,29)/t21-/m0/s1. The predicted octanol–water partition coefficient (Wildman–Crippen LogP) is 6.34. The number of rotatable bonds is 11. The van der Waals surface area contributed by atoms with E-state index in [0.29, 0.717) is 19.7 Å². The van der Waals surface area contributed by atoms with Crippen LogP contribution < -0.4 is 5.32 Å². The molecule has 0 radical (unpaired) electrons. The van der Waals surface area contributed by atoms with Gasteiger partial charge in [0.15, 0.2) is 8.32 Å². The van der Waals surface area contributed by atoms with Crippen LogP contribution in [0, 0.1) is 0 Å². The zero-order chi connectivity index (χ0) is 26.0. The van der Waals surface area contributed by atoms with Crippen LogP contribution in [0.3, 0.4) is 0 Å². The van der Waals surface area contributed by atoms with Gasteiger partial charge < -0.3 is 24.1 Å². The average Bonchev–Trinajstić information content (AvgIpc) is 2.69. The summed E-state index contributed by atoms with van der Waals surface area (Å²) < 4.78 is 17.1. The molecule has 1 aromatic rings. The summed E-state index contributed by atoms with van der Waals surface area (Å²) in [6.45, 7) is 20.3. The Labute approximate surface area is 207 Å². The lowest BCUT2D eigenvalue weighted by molar-refractivity contribution is 0.0227. The highest BCUT2D eigenvalue weighted by Gasteiger charge is 2.36. The molecule has 1 atom stereocenters. The topological polar surface area (TPSA) is 77.1 Å². The third-order valence-electron chi connectivity index (χ3n) is 5.81. The lowest BCUT2D eigenvalue weighted by Gasteiger charge is -2.36. The Morgan fingerprint density at radius 2 is 1.65 bits per heavy atom. The number of hydrogen-bond donors (Lipinski definition) is 1. The minimum absolute atomic E-state index is 0.172. The second-order valence-corrected chi connectivity index (χ2v) is 16.2. The van der Waals surface area contributed by atoms with Gasteiger partial charge in [0.25, 0.3) is 0 Å². The molecular formula is C26H46N2O5Si. The van der Waals surface area contributed by atoms with E-state index in [4.69, 9.17) is 13.9 Å². The zero-order valence-corrected chi connectivity index (χ0v) is 23.7. The summed E-state index contributed by atoms with van der Waals surface area (Å²) in [6, 6.07) is 9.21. The lowest BCUT2D eigenvalue weighted by Crippen LogP contribution is -2.46. The van der Waals surface area contributed by atoms with E-state index >= 15 is 0 Å². The molecule has 7 nitrogen and oxygen atoms in total. The molecule has 1 aromatic carbocycles. The first-order valence-electron chi connectivity index (χ1n) is 12.2. The maximum absolute atomic E-state index is 12.8. The molecule has 0 aliphatic rings. The van der Waals surface area contributed by atoms with Gasteiger partial charge in [0.05, 0.1) is 0 Å². The van der Waals surface area contributed by atoms with Crippen molar-refractivity contribution in [2.75, 3.05) is 19.7 Å². The molecule has 1 rings (SSSR count). The molecule has 1 N–H and O–H groups in total. The molecule has 0 aliphatic carbocycles. The first-order valence-corrected chi connectivity index (χ1v) is 15.1. The minimum Gasteiger partial charge on any atom is -0.445 e. The molecule has 0 saturated heterocycles. The van der Waals surface area contributed by atoms with Gasteiger partial charge in [-0.25, -0.2) is 9.59 Å². The van der Waals surface area contributed by atoms with Crippen LogP contribution in [-0.4, -0.2) is 56.7 Å². The van der Waals surface area contributed by atoms with Gasteiger partial charge in [0.2, 0.25) is 0 Å². The Kier molecular flexibility index (Phi) is 11.6. The summed E-state index contributed by atoms with van der Waals surface area (Å²) in [4.78, 5) is 26.6. The molecule has 0 bridgehead atoms. The fourth-order valence-corrected chi connectivity index (χ4v) is 3.96. The third kappa shape index (κ3) is 11.9.